The fourth-order valence-corrected chi connectivity index (χ4v) is 3.48. The first-order chi connectivity index (χ1) is 13.2. The Balaban J connectivity index is 0.00000225. The van der Waals surface area contributed by atoms with Crippen molar-refractivity contribution in [1.82, 2.24) is 20.2 Å². The van der Waals surface area contributed by atoms with Crippen molar-refractivity contribution in [2.45, 2.75) is 33.1 Å². The van der Waals surface area contributed by atoms with Crippen LogP contribution in [0.2, 0.25) is 0 Å². The predicted octanol–water partition coefficient (Wildman–Crippen LogP) is 3.52. The normalized spacial score (nSPS) is 14.7. The SMILES string of the molecule is Cc1[c-]nc2cc(OCCC3CCN(c4ccc(C)nn4)CC3)ccc2n1.[Y]. The van der Waals surface area contributed by atoms with E-state index in [-0.39, 0.29) is 32.7 Å². The van der Waals surface area contributed by atoms with Crippen LogP contribution in [0.1, 0.15) is 30.7 Å². The number of ether oxygens (including phenoxy) is 1. The second-order valence-electron chi connectivity index (χ2n) is 7.17. The molecule has 6 nitrogen and oxygen atoms in total. The monoisotopic (exact) mass is 451 g/mol. The van der Waals surface area contributed by atoms with Crippen LogP contribution in [0.15, 0.2) is 30.3 Å². The van der Waals surface area contributed by atoms with Crippen LogP contribution in [0.4, 0.5) is 5.82 Å². The minimum absolute atomic E-state index is 0. The summed E-state index contributed by atoms with van der Waals surface area (Å²) >= 11 is 0. The van der Waals surface area contributed by atoms with E-state index in [1.165, 1.54) is 0 Å². The maximum atomic E-state index is 5.95. The Morgan fingerprint density at radius 1 is 1.07 bits per heavy atom. The molecule has 3 aromatic rings. The number of hydrogen-bond donors (Lipinski definition) is 0. The van der Waals surface area contributed by atoms with Crippen molar-refractivity contribution in [3.8, 4) is 5.75 Å². The van der Waals surface area contributed by atoms with Crippen LogP contribution in [0.25, 0.3) is 11.0 Å². The van der Waals surface area contributed by atoms with Crippen LogP contribution in [-0.4, -0.2) is 39.9 Å². The zero-order valence-electron chi connectivity index (χ0n) is 16.4. The van der Waals surface area contributed by atoms with Crippen molar-refractivity contribution in [2.24, 2.45) is 5.92 Å². The van der Waals surface area contributed by atoms with Gasteiger partial charge in [-0.15, -0.1) is 11.3 Å². The molecule has 0 aliphatic carbocycles. The third-order valence-electron chi connectivity index (χ3n) is 5.09. The van der Waals surface area contributed by atoms with Crippen LogP contribution in [-0.2, 0) is 32.7 Å². The van der Waals surface area contributed by atoms with Crippen LogP contribution in [0, 0.1) is 26.0 Å². The molecule has 0 amide bonds. The molecule has 3 heterocycles. The van der Waals surface area contributed by atoms with Crippen molar-refractivity contribution < 1.29 is 37.4 Å². The van der Waals surface area contributed by atoms with Gasteiger partial charge in [0.05, 0.1) is 12.3 Å². The van der Waals surface area contributed by atoms with Gasteiger partial charge in [0.15, 0.2) is 5.82 Å². The minimum atomic E-state index is 0. The van der Waals surface area contributed by atoms with Gasteiger partial charge in [0.25, 0.3) is 0 Å². The number of nitrogens with zero attached hydrogens (tertiary/aromatic N) is 5. The summed E-state index contributed by atoms with van der Waals surface area (Å²) in [5.41, 5.74) is 3.47. The zero-order chi connectivity index (χ0) is 18.6. The summed E-state index contributed by atoms with van der Waals surface area (Å²) in [7, 11) is 0. The molecule has 1 fully saturated rings. The summed E-state index contributed by atoms with van der Waals surface area (Å²) in [5.74, 6) is 2.52. The van der Waals surface area contributed by atoms with Crippen molar-refractivity contribution in [3.63, 3.8) is 0 Å². The molecule has 0 unspecified atom stereocenters. The summed E-state index contributed by atoms with van der Waals surface area (Å²) in [6, 6.07) is 9.95. The quantitative estimate of drug-likeness (QED) is 0.554. The third kappa shape index (κ3) is 5.23. The molecule has 1 aliphatic rings. The maximum Gasteiger partial charge on any atom is 0.151 e. The van der Waals surface area contributed by atoms with Gasteiger partial charge in [-0.2, -0.15) is 5.10 Å². The molecular weight excluding hydrogens is 427 g/mol. The number of anilines is 1. The minimum Gasteiger partial charge on any atom is -0.495 e. The number of rotatable bonds is 5. The predicted molar refractivity (Wildman–Crippen MR) is 105 cm³/mol. The van der Waals surface area contributed by atoms with Crippen molar-refractivity contribution >= 4 is 16.9 Å². The summed E-state index contributed by atoms with van der Waals surface area (Å²) in [5, 5.41) is 8.46. The van der Waals surface area contributed by atoms with Crippen molar-refractivity contribution in [3.05, 3.63) is 47.9 Å². The molecule has 1 aliphatic heterocycles. The van der Waals surface area contributed by atoms with Crippen LogP contribution < -0.4 is 9.64 Å². The second-order valence-corrected chi connectivity index (χ2v) is 7.17. The summed E-state index contributed by atoms with van der Waals surface area (Å²) in [6.45, 7) is 6.65. The van der Waals surface area contributed by atoms with Gasteiger partial charge in [0.1, 0.15) is 5.75 Å². The summed E-state index contributed by atoms with van der Waals surface area (Å²) in [6.07, 6.45) is 6.29. The molecule has 143 valence electrons. The van der Waals surface area contributed by atoms with Gasteiger partial charge in [-0.05, 0) is 69.0 Å². The second kappa shape index (κ2) is 9.70. The summed E-state index contributed by atoms with van der Waals surface area (Å²) < 4.78 is 5.95. The number of aryl methyl sites for hydroxylation is 2. The molecule has 1 saturated heterocycles. The van der Waals surface area contributed by atoms with Gasteiger partial charge >= 0.3 is 0 Å². The van der Waals surface area contributed by atoms with E-state index in [9.17, 15) is 0 Å². The molecule has 2 aromatic heterocycles. The molecular formula is C21H24N5OY-. The van der Waals surface area contributed by atoms with Crippen LogP contribution >= 0.6 is 0 Å². The van der Waals surface area contributed by atoms with Gasteiger partial charge in [0, 0.05) is 51.3 Å². The van der Waals surface area contributed by atoms with Gasteiger partial charge in [0.2, 0.25) is 0 Å². The topological polar surface area (TPSA) is 64.0 Å². The molecule has 0 spiro atoms. The van der Waals surface area contributed by atoms with Gasteiger partial charge in [-0.3, -0.25) is 4.98 Å². The number of benzene rings is 1. The Hall–Kier alpha value is -1.66. The molecule has 0 N–H and O–H groups in total. The van der Waals surface area contributed by atoms with Crippen LogP contribution in [0.5, 0.6) is 5.75 Å². The molecule has 4 rings (SSSR count). The van der Waals surface area contributed by atoms with Crippen LogP contribution in [0.3, 0.4) is 0 Å². The van der Waals surface area contributed by atoms with E-state index in [1.54, 1.807) is 0 Å². The smallest absolute Gasteiger partial charge is 0.151 e. The number of aromatic nitrogens is 4. The molecule has 1 radical (unpaired) electrons. The molecule has 0 atom stereocenters. The van der Waals surface area contributed by atoms with E-state index in [2.05, 4.69) is 37.3 Å². The molecule has 1 aromatic carbocycles. The molecule has 7 heteroatoms. The first-order valence-electron chi connectivity index (χ1n) is 9.51. The van der Waals surface area contributed by atoms with Gasteiger partial charge in [-0.25, -0.2) is 0 Å². The fourth-order valence-electron chi connectivity index (χ4n) is 3.48. The molecule has 28 heavy (non-hydrogen) atoms. The zero-order valence-corrected chi connectivity index (χ0v) is 19.3. The Bertz CT molecular complexity index is 910. The van der Waals surface area contributed by atoms with Gasteiger partial charge in [-0.1, -0.05) is 11.6 Å². The fraction of sp³-hybridized carbons (Fsp3) is 0.429. The Morgan fingerprint density at radius 2 is 1.89 bits per heavy atom. The first kappa shape index (κ1) is 21.1. The number of fused-ring (bicyclic) bond motifs is 1. The number of hydrogen-bond acceptors (Lipinski definition) is 6. The Labute approximate surface area is 191 Å². The number of piperidine rings is 1. The van der Waals surface area contributed by atoms with E-state index in [0.717, 1.165) is 72.9 Å². The third-order valence-corrected chi connectivity index (χ3v) is 5.09. The summed E-state index contributed by atoms with van der Waals surface area (Å²) in [4.78, 5) is 11.0. The Kier molecular flexibility index (Phi) is 7.30. The molecule has 0 bridgehead atoms. The Morgan fingerprint density at radius 3 is 2.64 bits per heavy atom. The first-order valence-corrected chi connectivity index (χ1v) is 9.51. The average molecular weight is 451 g/mol. The average Bonchev–Trinajstić information content (AvgIpc) is 2.69. The van der Waals surface area contributed by atoms with Crippen molar-refractivity contribution in [2.75, 3.05) is 24.6 Å². The van der Waals surface area contributed by atoms with E-state index in [4.69, 9.17) is 4.74 Å². The van der Waals surface area contributed by atoms with E-state index >= 15 is 0 Å². The van der Waals surface area contributed by atoms with E-state index < -0.39 is 0 Å². The maximum absolute atomic E-state index is 5.95. The van der Waals surface area contributed by atoms with E-state index in [0.29, 0.717) is 5.92 Å². The largest absolute Gasteiger partial charge is 0.495 e. The van der Waals surface area contributed by atoms with Crippen molar-refractivity contribution in [1.29, 1.82) is 0 Å². The van der Waals surface area contributed by atoms with E-state index in [1.807, 2.05) is 38.1 Å². The van der Waals surface area contributed by atoms with Gasteiger partial charge < -0.3 is 14.6 Å². The standard InChI is InChI=1S/C21H24N5O.Y/c1-15-3-6-21(25-24-15)26-10-7-17(8-11-26)9-12-27-18-4-5-19-20(13-18)22-14-16(2)23-19;/h3-6,13,17H,7-12H2,1-2H3;/q-1;. The molecule has 0 saturated carbocycles.